The molecule has 0 fully saturated rings. The van der Waals surface area contributed by atoms with E-state index in [4.69, 9.17) is 10.5 Å². The zero-order chi connectivity index (χ0) is 14.5. The number of aromatic nitrogens is 1. The maximum atomic E-state index is 5.79. The van der Waals surface area contributed by atoms with Gasteiger partial charge in [-0.1, -0.05) is 6.07 Å². The molecule has 0 aliphatic carbocycles. The van der Waals surface area contributed by atoms with E-state index in [1.807, 2.05) is 38.2 Å². The van der Waals surface area contributed by atoms with E-state index in [0.29, 0.717) is 18.5 Å². The van der Waals surface area contributed by atoms with Gasteiger partial charge in [-0.15, -0.1) is 0 Å². The molecule has 108 valence electrons. The number of aliphatic imine (C=N–C) groups is 1. The van der Waals surface area contributed by atoms with Crippen LogP contribution in [0.25, 0.3) is 10.9 Å². The van der Waals surface area contributed by atoms with Gasteiger partial charge in [-0.3, -0.25) is 4.99 Å². The normalized spacial score (nSPS) is 12.1. The summed E-state index contributed by atoms with van der Waals surface area (Å²) in [6, 6.07) is 6.29. The lowest BCUT2D eigenvalue weighted by atomic mass is 10.1. The van der Waals surface area contributed by atoms with Crippen LogP contribution in [0.5, 0.6) is 5.75 Å². The van der Waals surface area contributed by atoms with Gasteiger partial charge in [0.2, 0.25) is 0 Å². The second-order valence-corrected chi connectivity index (χ2v) is 5.01. The number of hydrogen-bond donors (Lipinski definition) is 3. The minimum absolute atomic E-state index is 0.298. The van der Waals surface area contributed by atoms with Crippen LogP contribution in [0.2, 0.25) is 0 Å². The third kappa shape index (κ3) is 3.23. The summed E-state index contributed by atoms with van der Waals surface area (Å²) < 4.78 is 5.41. The zero-order valence-electron chi connectivity index (χ0n) is 12.2. The van der Waals surface area contributed by atoms with Crippen LogP contribution in [0.3, 0.4) is 0 Å². The van der Waals surface area contributed by atoms with Crippen LogP contribution < -0.4 is 15.8 Å². The predicted octanol–water partition coefficient (Wildman–Crippen LogP) is 2.03. The molecule has 0 bridgehead atoms. The molecular formula is C15H22N4O. The summed E-state index contributed by atoms with van der Waals surface area (Å²) in [5, 5.41) is 4.20. The zero-order valence-corrected chi connectivity index (χ0v) is 12.2. The Kier molecular flexibility index (Phi) is 4.50. The van der Waals surface area contributed by atoms with Gasteiger partial charge in [0.15, 0.2) is 5.96 Å². The van der Waals surface area contributed by atoms with Gasteiger partial charge in [0.05, 0.1) is 7.11 Å². The van der Waals surface area contributed by atoms with Crippen LogP contribution in [-0.2, 0) is 6.42 Å². The Morgan fingerprint density at radius 1 is 1.45 bits per heavy atom. The third-order valence-corrected chi connectivity index (χ3v) is 3.07. The molecule has 2 aromatic rings. The largest absolute Gasteiger partial charge is 0.496 e. The summed E-state index contributed by atoms with van der Waals surface area (Å²) in [6.45, 7) is 4.72. The van der Waals surface area contributed by atoms with Crippen molar-refractivity contribution in [1.82, 2.24) is 10.3 Å². The summed E-state index contributed by atoms with van der Waals surface area (Å²) in [7, 11) is 1.69. The van der Waals surface area contributed by atoms with Crippen molar-refractivity contribution >= 4 is 16.9 Å². The van der Waals surface area contributed by atoms with Gasteiger partial charge in [-0.25, -0.2) is 0 Å². The van der Waals surface area contributed by atoms with Gasteiger partial charge in [0.1, 0.15) is 5.75 Å². The maximum Gasteiger partial charge on any atom is 0.188 e. The number of aromatic amines is 1. The number of fused-ring (bicyclic) bond motifs is 1. The van der Waals surface area contributed by atoms with Crippen molar-refractivity contribution in [2.24, 2.45) is 10.7 Å². The Bertz CT molecular complexity index is 601. The minimum Gasteiger partial charge on any atom is -0.496 e. The second-order valence-electron chi connectivity index (χ2n) is 5.01. The van der Waals surface area contributed by atoms with Gasteiger partial charge >= 0.3 is 0 Å². The molecule has 0 atom stereocenters. The maximum absolute atomic E-state index is 5.79. The van der Waals surface area contributed by atoms with E-state index in [1.165, 1.54) is 5.56 Å². The number of methoxy groups -OCH3 is 1. The molecule has 2 rings (SSSR count). The van der Waals surface area contributed by atoms with Crippen LogP contribution in [0.15, 0.2) is 29.4 Å². The SMILES string of the molecule is COc1cccc2[nH]cc(CCN=C(N)NC(C)C)c12. The topological polar surface area (TPSA) is 75.4 Å². The molecule has 1 heterocycles. The Labute approximate surface area is 119 Å². The van der Waals surface area contributed by atoms with Crippen molar-refractivity contribution in [1.29, 1.82) is 0 Å². The highest BCUT2D eigenvalue weighted by Gasteiger charge is 2.08. The Morgan fingerprint density at radius 3 is 2.95 bits per heavy atom. The van der Waals surface area contributed by atoms with Crippen LogP contribution in [0, 0.1) is 0 Å². The van der Waals surface area contributed by atoms with E-state index in [0.717, 1.165) is 23.1 Å². The molecule has 0 aliphatic heterocycles. The number of nitrogens with zero attached hydrogens (tertiary/aromatic N) is 1. The first kappa shape index (κ1) is 14.2. The van der Waals surface area contributed by atoms with Crippen LogP contribution >= 0.6 is 0 Å². The summed E-state index contributed by atoms with van der Waals surface area (Å²) in [5.41, 5.74) is 8.06. The van der Waals surface area contributed by atoms with Gasteiger partial charge in [-0.2, -0.15) is 0 Å². The lowest BCUT2D eigenvalue weighted by Gasteiger charge is -2.08. The molecule has 1 aromatic heterocycles. The molecule has 0 saturated carbocycles. The van der Waals surface area contributed by atoms with Gasteiger partial charge < -0.3 is 20.8 Å². The number of ether oxygens (including phenoxy) is 1. The highest BCUT2D eigenvalue weighted by atomic mass is 16.5. The summed E-state index contributed by atoms with van der Waals surface area (Å²) in [5.74, 6) is 1.38. The fraction of sp³-hybridized carbons (Fsp3) is 0.400. The molecule has 1 aromatic carbocycles. The molecule has 0 aliphatic rings. The number of hydrogen-bond acceptors (Lipinski definition) is 2. The summed E-state index contributed by atoms with van der Waals surface area (Å²) in [4.78, 5) is 7.59. The van der Waals surface area contributed by atoms with E-state index < -0.39 is 0 Å². The lowest BCUT2D eigenvalue weighted by molar-refractivity contribution is 0.419. The number of H-pyrrole nitrogens is 1. The van der Waals surface area contributed by atoms with Crippen LogP contribution in [0.4, 0.5) is 0 Å². The van der Waals surface area contributed by atoms with E-state index in [-0.39, 0.29) is 0 Å². The standard InChI is InChI=1S/C15H22N4O/c1-10(2)19-15(16)17-8-7-11-9-18-12-5-4-6-13(20-3)14(11)12/h4-6,9-10,18H,7-8H2,1-3H3,(H3,16,17,19). The average molecular weight is 274 g/mol. The number of rotatable bonds is 5. The van der Waals surface area contributed by atoms with Crippen molar-refractivity contribution in [2.75, 3.05) is 13.7 Å². The third-order valence-electron chi connectivity index (χ3n) is 3.07. The molecule has 0 amide bonds. The highest BCUT2D eigenvalue weighted by Crippen LogP contribution is 2.28. The van der Waals surface area contributed by atoms with Crippen molar-refractivity contribution in [2.45, 2.75) is 26.3 Å². The smallest absolute Gasteiger partial charge is 0.188 e. The molecule has 0 saturated heterocycles. The minimum atomic E-state index is 0.298. The van der Waals surface area contributed by atoms with E-state index in [1.54, 1.807) is 7.11 Å². The van der Waals surface area contributed by atoms with Crippen molar-refractivity contribution in [3.05, 3.63) is 30.0 Å². The average Bonchev–Trinajstić information content (AvgIpc) is 2.81. The Morgan fingerprint density at radius 2 is 2.25 bits per heavy atom. The lowest BCUT2D eigenvalue weighted by Crippen LogP contribution is -2.36. The molecule has 0 radical (unpaired) electrons. The van der Waals surface area contributed by atoms with Crippen molar-refractivity contribution < 1.29 is 4.74 Å². The van der Waals surface area contributed by atoms with Gasteiger partial charge in [0, 0.05) is 29.7 Å². The summed E-state index contributed by atoms with van der Waals surface area (Å²) >= 11 is 0. The number of nitrogens with two attached hydrogens (primary N) is 1. The van der Waals surface area contributed by atoms with Gasteiger partial charge in [0.25, 0.3) is 0 Å². The van der Waals surface area contributed by atoms with Crippen LogP contribution in [-0.4, -0.2) is 30.6 Å². The number of nitrogens with one attached hydrogen (secondary N) is 2. The first-order valence-corrected chi connectivity index (χ1v) is 6.81. The fourth-order valence-corrected chi connectivity index (χ4v) is 2.23. The number of guanidine groups is 1. The quantitative estimate of drug-likeness (QED) is 0.577. The van der Waals surface area contributed by atoms with Crippen LogP contribution in [0.1, 0.15) is 19.4 Å². The highest BCUT2D eigenvalue weighted by molar-refractivity contribution is 5.89. The number of benzene rings is 1. The Balaban J connectivity index is 2.11. The Hall–Kier alpha value is -2.17. The molecular weight excluding hydrogens is 252 g/mol. The molecule has 0 unspecified atom stereocenters. The van der Waals surface area contributed by atoms with E-state index >= 15 is 0 Å². The first-order valence-electron chi connectivity index (χ1n) is 6.81. The fourth-order valence-electron chi connectivity index (χ4n) is 2.23. The van der Waals surface area contributed by atoms with Crippen molar-refractivity contribution in [3.63, 3.8) is 0 Å². The first-order chi connectivity index (χ1) is 9.61. The molecule has 5 heteroatoms. The second kappa shape index (κ2) is 6.32. The molecule has 0 spiro atoms. The molecule has 20 heavy (non-hydrogen) atoms. The van der Waals surface area contributed by atoms with E-state index in [9.17, 15) is 0 Å². The predicted molar refractivity (Wildman–Crippen MR) is 83.3 cm³/mol. The van der Waals surface area contributed by atoms with E-state index in [2.05, 4.69) is 15.3 Å². The van der Waals surface area contributed by atoms with Gasteiger partial charge in [-0.05, 0) is 38.0 Å². The monoisotopic (exact) mass is 274 g/mol. The molecule has 5 nitrogen and oxygen atoms in total. The molecule has 4 N–H and O–H groups in total. The van der Waals surface area contributed by atoms with Crippen molar-refractivity contribution in [3.8, 4) is 5.75 Å². The summed E-state index contributed by atoms with van der Waals surface area (Å²) in [6.07, 6.45) is 2.83.